The lowest BCUT2D eigenvalue weighted by Gasteiger charge is -2.26. The topological polar surface area (TPSA) is 245 Å². The van der Waals surface area contributed by atoms with E-state index in [1.54, 1.807) is 51.1 Å². The van der Waals surface area contributed by atoms with Crippen LogP contribution >= 0.6 is 0 Å². The third-order valence-corrected chi connectivity index (χ3v) is 7.66. The number of ketones is 2. The molecule has 14 heteroatoms. The Morgan fingerprint density at radius 1 is 0.896 bits per heavy atom. The van der Waals surface area contributed by atoms with Crippen LogP contribution in [0, 0.1) is 29.0 Å². The van der Waals surface area contributed by atoms with Gasteiger partial charge in [-0.05, 0) is 68.4 Å². The van der Waals surface area contributed by atoms with Crippen molar-refractivity contribution in [2.75, 3.05) is 6.54 Å². The molecule has 0 aliphatic rings. The van der Waals surface area contributed by atoms with Gasteiger partial charge < -0.3 is 43.8 Å². The van der Waals surface area contributed by atoms with Gasteiger partial charge in [-0.2, -0.15) is 0 Å². The molecule has 2 aromatic rings. The molecular weight excluding hydrogens is 617 g/mol. The van der Waals surface area contributed by atoms with Crippen LogP contribution in [0.5, 0.6) is 0 Å². The van der Waals surface area contributed by atoms with Crippen LogP contribution in [0.25, 0.3) is 0 Å². The van der Waals surface area contributed by atoms with Gasteiger partial charge in [0.25, 0.3) is 0 Å². The molecule has 0 heterocycles. The predicted molar refractivity (Wildman–Crippen MR) is 185 cm³/mol. The fourth-order valence-electron chi connectivity index (χ4n) is 5.13. The Bertz CT molecular complexity index is 1510. The van der Waals surface area contributed by atoms with Gasteiger partial charge in [-0.3, -0.25) is 19.4 Å². The Balaban J connectivity index is 2.28. The number of halogens is 1. The van der Waals surface area contributed by atoms with Crippen LogP contribution in [0.4, 0.5) is 10.1 Å². The maximum atomic E-state index is 14.7. The number of nitrogens with one attached hydrogen (secondary N) is 3. The summed E-state index contributed by atoms with van der Waals surface area (Å²) in [6, 6.07) is 10.2. The molecule has 0 saturated carbocycles. The highest BCUT2D eigenvalue weighted by atomic mass is 19.1. The standard InChI is InChI=1S/C34H48FN9O4/c1-19(2)30(44-32(48)24(14-20(3)45)6-5-13-41-33(37)38)29(46)17-26(15-22-7-11-27(12-8-22)43-34(39)40)31(47)42-18-25-10-9-23(21(4)36)16-28(25)35/h7-12,16,19,24,26,30,36H,5-6,13-15,17-18H2,1-4H3,(H,42,47)(H,44,48)(H4,37,38,41)(H4,39,40,43)/t24-,26-,30+/m1/s1. The van der Waals surface area contributed by atoms with Gasteiger partial charge in [0.05, 0.1) is 11.7 Å². The van der Waals surface area contributed by atoms with Crippen molar-refractivity contribution in [1.82, 2.24) is 10.6 Å². The third kappa shape index (κ3) is 13.3. The number of nitrogens with zero attached hydrogens (tertiary/aromatic N) is 2. The molecule has 0 aliphatic carbocycles. The predicted octanol–water partition coefficient (Wildman–Crippen LogP) is 2.34. The number of carbonyl (C=O) groups excluding carboxylic acids is 4. The Kier molecular flexibility index (Phi) is 15.3. The molecule has 2 rings (SSSR count). The largest absolute Gasteiger partial charge is 0.370 e. The third-order valence-electron chi connectivity index (χ3n) is 7.66. The second kappa shape index (κ2) is 18.9. The Hall–Kier alpha value is -5.14. The highest BCUT2D eigenvalue weighted by Crippen LogP contribution is 2.21. The van der Waals surface area contributed by atoms with Gasteiger partial charge in [0, 0.05) is 49.0 Å². The van der Waals surface area contributed by atoms with Crippen molar-refractivity contribution >= 4 is 46.7 Å². The first-order valence-electron chi connectivity index (χ1n) is 15.8. The van der Waals surface area contributed by atoms with Gasteiger partial charge in [0.1, 0.15) is 11.6 Å². The van der Waals surface area contributed by atoms with Crippen LogP contribution in [0.3, 0.4) is 0 Å². The van der Waals surface area contributed by atoms with E-state index in [-0.39, 0.29) is 73.0 Å². The quantitative estimate of drug-likeness (QED) is 0.0665. The molecule has 0 spiro atoms. The van der Waals surface area contributed by atoms with E-state index in [1.807, 2.05) is 0 Å². The molecule has 2 aromatic carbocycles. The summed E-state index contributed by atoms with van der Waals surface area (Å²) in [5.74, 6) is -4.10. The number of hydrogen-bond acceptors (Lipinski definition) is 7. The summed E-state index contributed by atoms with van der Waals surface area (Å²) in [4.78, 5) is 60.5. The monoisotopic (exact) mass is 665 g/mol. The van der Waals surface area contributed by atoms with Gasteiger partial charge in [-0.15, -0.1) is 0 Å². The molecule has 0 radical (unpaired) electrons. The average molecular weight is 666 g/mol. The number of hydrogen-bond donors (Lipinski definition) is 7. The first-order chi connectivity index (χ1) is 22.6. The van der Waals surface area contributed by atoms with Gasteiger partial charge in [0.2, 0.25) is 11.8 Å². The second-order valence-corrected chi connectivity index (χ2v) is 12.2. The number of amides is 2. The van der Waals surface area contributed by atoms with Gasteiger partial charge in [-0.25, -0.2) is 9.38 Å². The highest BCUT2D eigenvalue weighted by Gasteiger charge is 2.32. The molecule has 0 unspecified atom stereocenters. The minimum atomic E-state index is -0.932. The second-order valence-electron chi connectivity index (χ2n) is 12.2. The van der Waals surface area contributed by atoms with Crippen LogP contribution < -0.4 is 33.6 Å². The summed E-state index contributed by atoms with van der Waals surface area (Å²) in [6.07, 6.45) is 0.715. The molecular formula is C34H48FN9O4. The molecule has 48 heavy (non-hydrogen) atoms. The molecule has 0 bridgehead atoms. The number of guanidine groups is 2. The molecule has 0 fully saturated rings. The van der Waals surface area contributed by atoms with E-state index in [0.717, 1.165) is 5.56 Å². The van der Waals surface area contributed by atoms with E-state index in [2.05, 4.69) is 20.6 Å². The molecule has 0 aromatic heterocycles. The van der Waals surface area contributed by atoms with Crippen LogP contribution in [0.1, 0.15) is 70.1 Å². The van der Waals surface area contributed by atoms with Crippen LogP contribution in [-0.2, 0) is 32.1 Å². The zero-order valence-corrected chi connectivity index (χ0v) is 28.0. The number of carbonyl (C=O) groups is 4. The SMILES string of the molecule is CC(=N)c1ccc(CNC(=O)[C@@H](CC(=O)[C@@H](NC(=O)[C@H](CCCN=C(N)N)CC(C)=O)C(C)C)Cc2ccc(N=C(N)N)cc2)c(F)c1. The fraction of sp³-hybridized carbons (Fsp3) is 0.441. The molecule has 13 nitrogen and oxygen atoms in total. The lowest BCUT2D eigenvalue weighted by Crippen LogP contribution is -2.48. The van der Waals surface area contributed by atoms with Crippen molar-refractivity contribution in [1.29, 1.82) is 5.41 Å². The summed E-state index contributed by atoms with van der Waals surface area (Å²) in [7, 11) is 0. The van der Waals surface area contributed by atoms with Gasteiger partial charge in [0.15, 0.2) is 17.7 Å². The van der Waals surface area contributed by atoms with E-state index in [0.29, 0.717) is 24.1 Å². The maximum Gasteiger partial charge on any atom is 0.224 e. The summed E-state index contributed by atoms with van der Waals surface area (Å²) < 4.78 is 14.7. The molecule has 260 valence electrons. The highest BCUT2D eigenvalue weighted by molar-refractivity contribution is 5.96. The number of aliphatic imine (C=N–C) groups is 2. The zero-order chi connectivity index (χ0) is 36.0. The summed E-state index contributed by atoms with van der Waals surface area (Å²) >= 11 is 0. The van der Waals surface area contributed by atoms with Gasteiger partial charge >= 0.3 is 0 Å². The summed E-state index contributed by atoms with van der Waals surface area (Å²) in [6.45, 7) is 6.66. The first kappa shape index (κ1) is 39.0. The van der Waals surface area contributed by atoms with E-state index in [4.69, 9.17) is 28.3 Å². The summed E-state index contributed by atoms with van der Waals surface area (Å²) in [5.41, 5.74) is 23.8. The van der Waals surface area contributed by atoms with Crippen LogP contribution in [-0.4, -0.2) is 53.6 Å². The number of rotatable bonds is 19. The summed E-state index contributed by atoms with van der Waals surface area (Å²) in [5, 5.41) is 13.3. The van der Waals surface area contributed by atoms with Crippen molar-refractivity contribution in [3.8, 4) is 0 Å². The number of Topliss-reactive ketones (excluding diaryl/α,β-unsaturated/α-hetero) is 2. The molecule has 2 amide bonds. The van der Waals surface area contributed by atoms with E-state index < -0.39 is 35.5 Å². The molecule has 0 aliphatic heterocycles. The zero-order valence-electron chi connectivity index (χ0n) is 28.0. The van der Waals surface area contributed by atoms with E-state index in [1.165, 1.54) is 19.1 Å². The molecule has 0 saturated heterocycles. The minimum Gasteiger partial charge on any atom is -0.370 e. The Labute approximate surface area is 280 Å². The Morgan fingerprint density at radius 2 is 1.56 bits per heavy atom. The first-order valence-corrected chi connectivity index (χ1v) is 15.8. The molecule has 3 atom stereocenters. The number of nitrogens with two attached hydrogens (primary N) is 4. The van der Waals surface area contributed by atoms with Crippen molar-refractivity contribution in [3.63, 3.8) is 0 Å². The smallest absolute Gasteiger partial charge is 0.224 e. The molecule has 11 N–H and O–H groups in total. The van der Waals surface area contributed by atoms with Crippen LogP contribution in [0.15, 0.2) is 52.4 Å². The maximum absolute atomic E-state index is 14.7. The number of benzene rings is 2. The van der Waals surface area contributed by atoms with Crippen molar-refractivity contribution in [2.45, 2.75) is 72.4 Å². The van der Waals surface area contributed by atoms with Crippen molar-refractivity contribution in [3.05, 3.63) is 65.0 Å². The normalized spacial score (nSPS) is 12.7. The average Bonchev–Trinajstić information content (AvgIpc) is 3.00. The minimum absolute atomic E-state index is 0.00945. The lowest BCUT2D eigenvalue weighted by molar-refractivity contribution is -0.134. The van der Waals surface area contributed by atoms with Crippen molar-refractivity contribution < 1.29 is 23.6 Å². The van der Waals surface area contributed by atoms with Crippen LogP contribution in [0.2, 0.25) is 0 Å². The van der Waals surface area contributed by atoms with E-state index >= 15 is 0 Å². The van der Waals surface area contributed by atoms with Crippen molar-refractivity contribution in [2.24, 2.45) is 50.7 Å². The Morgan fingerprint density at radius 3 is 2.10 bits per heavy atom. The fourth-order valence-corrected chi connectivity index (χ4v) is 5.13. The lowest BCUT2D eigenvalue weighted by atomic mass is 9.87. The van der Waals surface area contributed by atoms with E-state index in [9.17, 15) is 23.6 Å². The van der Waals surface area contributed by atoms with Gasteiger partial charge in [-0.1, -0.05) is 38.1 Å².